The molecule has 2 aromatic carbocycles. The third-order valence-corrected chi connectivity index (χ3v) is 5.64. The third-order valence-electron chi connectivity index (χ3n) is 3.54. The smallest absolute Gasteiger partial charge is 0.111 e. The van der Waals surface area contributed by atoms with Crippen molar-refractivity contribution in [3.8, 4) is 17.3 Å². The van der Waals surface area contributed by atoms with Crippen molar-refractivity contribution in [3.63, 3.8) is 0 Å². The summed E-state index contributed by atoms with van der Waals surface area (Å²) < 4.78 is 0. The molecule has 120 valence electrons. The van der Waals surface area contributed by atoms with Gasteiger partial charge in [-0.2, -0.15) is 17.0 Å². The van der Waals surface area contributed by atoms with E-state index in [1.165, 1.54) is 5.56 Å². The van der Waals surface area contributed by atoms with E-state index < -0.39 is 0 Å². The van der Waals surface area contributed by atoms with Crippen molar-refractivity contribution in [2.24, 2.45) is 5.73 Å². The van der Waals surface area contributed by atoms with Crippen LogP contribution in [0.5, 0.6) is 0 Å². The first-order chi connectivity index (χ1) is 11.8. The number of hydrogen-bond donors (Lipinski definition) is 1. The quantitative estimate of drug-likeness (QED) is 0.704. The van der Waals surface area contributed by atoms with Crippen LogP contribution in [0.25, 0.3) is 11.3 Å². The van der Waals surface area contributed by atoms with Crippen molar-refractivity contribution in [3.05, 3.63) is 76.1 Å². The van der Waals surface area contributed by atoms with Crippen LogP contribution in [-0.2, 0) is 5.75 Å². The summed E-state index contributed by atoms with van der Waals surface area (Å²) in [7, 11) is 0. The van der Waals surface area contributed by atoms with Gasteiger partial charge in [-0.15, -0.1) is 11.3 Å². The molecule has 0 aliphatic heterocycles. The van der Waals surface area contributed by atoms with Gasteiger partial charge < -0.3 is 5.73 Å². The Labute approximate surface area is 150 Å². The lowest BCUT2D eigenvalue weighted by Crippen LogP contribution is -2.12. The fourth-order valence-electron chi connectivity index (χ4n) is 2.29. The van der Waals surface area contributed by atoms with Crippen molar-refractivity contribution in [2.45, 2.75) is 11.8 Å². The molecule has 1 unspecified atom stereocenters. The lowest BCUT2D eigenvalue weighted by Gasteiger charge is -2.08. The van der Waals surface area contributed by atoms with Gasteiger partial charge >= 0.3 is 0 Å². The van der Waals surface area contributed by atoms with Crippen molar-refractivity contribution in [1.82, 2.24) is 4.98 Å². The van der Waals surface area contributed by atoms with Crippen LogP contribution in [-0.4, -0.2) is 10.7 Å². The highest BCUT2D eigenvalue weighted by Crippen LogP contribution is 2.27. The monoisotopic (exact) mass is 351 g/mol. The summed E-state index contributed by atoms with van der Waals surface area (Å²) in [6.45, 7) is 0. The average Bonchev–Trinajstić information content (AvgIpc) is 3.13. The average molecular weight is 352 g/mol. The summed E-state index contributed by atoms with van der Waals surface area (Å²) in [5.41, 5.74) is 10.1. The molecule has 0 amide bonds. The molecule has 0 spiro atoms. The summed E-state index contributed by atoms with van der Waals surface area (Å²) >= 11 is 3.40. The van der Waals surface area contributed by atoms with E-state index in [1.54, 1.807) is 17.4 Å². The molecule has 0 saturated carbocycles. The van der Waals surface area contributed by atoms with Crippen LogP contribution in [0.15, 0.2) is 60.0 Å². The lowest BCUT2D eigenvalue weighted by atomic mass is 10.1. The van der Waals surface area contributed by atoms with Gasteiger partial charge in [0.05, 0.1) is 23.4 Å². The molecule has 1 heterocycles. The van der Waals surface area contributed by atoms with Gasteiger partial charge in [0.15, 0.2) is 0 Å². The zero-order valence-electron chi connectivity index (χ0n) is 13.1. The predicted molar refractivity (Wildman–Crippen MR) is 102 cm³/mol. The minimum atomic E-state index is -0.0726. The first kappa shape index (κ1) is 16.7. The van der Waals surface area contributed by atoms with E-state index in [1.807, 2.05) is 41.4 Å². The van der Waals surface area contributed by atoms with Crippen LogP contribution in [0.1, 0.15) is 22.2 Å². The highest BCUT2D eigenvalue weighted by atomic mass is 32.2. The summed E-state index contributed by atoms with van der Waals surface area (Å²) in [5, 5.41) is 11.9. The van der Waals surface area contributed by atoms with E-state index in [-0.39, 0.29) is 6.04 Å². The van der Waals surface area contributed by atoms with Crippen LogP contribution in [0.3, 0.4) is 0 Å². The molecule has 0 saturated heterocycles. The number of nitrogens with zero attached hydrogens (tertiary/aromatic N) is 2. The maximum atomic E-state index is 9.00. The minimum Gasteiger partial charge on any atom is -0.321 e. The summed E-state index contributed by atoms with van der Waals surface area (Å²) in [5.74, 6) is 1.79. The van der Waals surface area contributed by atoms with E-state index in [2.05, 4.69) is 35.3 Å². The van der Waals surface area contributed by atoms with Gasteiger partial charge in [-0.05, 0) is 17.7 Å². The fraction of sp³-hybridized carbons (Fsp3) is 0.158. The molecule has 1 aromatic heterocycles. The Hall–Kier alpha value is -2.13. The van der Waals surface area contributed by atoms with E-state index in [9.17, 15) is 0 Å². The Morgan fingerprint density at radius 3 is 2.79 bits per heavy atom. The molecule has 5 heteroatoms. The normalized spacial score (nSPS) is 11.8. The lowest BCUT2D eigenvalue weighted by molar-refractivity contribution is 0.820. The highest BCUT2D eigenvalue weighted by molar-refractivity contribution is 7.98. The van der Waals surface area contributed by atoms with Gasteiger partial charge in [-0.25, -0.2) is 4.98 Å². The second-order valence-electron chi connectivity index (χ2n) is 5.37. The Bertz CT molecular complexity index is 837. The van der Waals surface area contributed by atoms with Crippen LogP contribution in [0.4, 0.5) is 0 Å². The van der Waals surface area contributed by atoms with Crippen molar-refractivity contribution in [1.29, 1.82) is 5.26 Å². The van der Waals surface area contributed by atoms with E-state index in [4.69, 9.17) is 11.0 Å². The summed E-state index contributed by atoms with van der Waals surface area (Å²) in [6, 6.07) is 20.0. The Morgan fingerprint density at radius 2 is 2.00 bits per heavy atom. The molecule has 3 aromatic rings. The molecule has 0 bridgehead atoms. The van der Waals surface area contributed by atoms with E-state index >= 15 is 0 Å². The molecule has 3 rings (SSSR count). The van der Waals surface area contributed by atoms with Gasteiger partial charge in [0, 0.05) is 22.4 Å². The highest BCUT2D eigenvalue weighted by Gasteiger charge is 2.12. The second-order valence-corrected chi connectivity index (χ2v) is 7.29. The van der Waals surface area contributed by atoms with Crippen LogP contribution in [0.2, 0.25) is 0 Å². The van der Waals surface area contributed by atoms with Gasteiger partial charge in [-0.3, -0.25) is 0 Å². The van der Waals surface area contributed by atoms with Crippen LogP contribution < -0.4 is 5.73 Å². The van der Waals surface area contributed by atoms with E-state index in [0.717, 1.165) is 27.8 Å². The molecular weight excluding hydrogens is 334 g/mol. The Morgan fingerprint density at radius 1 is 1.17 bits per heavy atom. The van der Waals surface area contributed by atoms with Gasteiger partial charge in [0.1, 0.15) is 5.01 Å². The standard InChI is InChI=1S/C19H17N3S2/c20-10-15-7-4-8-16(9-15)18-13-24-19(22-18)17(21)12-23-11-14-5-2-1-3-6-14/h1-9,13,17H,11-12,21H2. The number of nitrogens with two attached hydrogens (primary N) is 1. The van der Waals surface area contributed by atoms with Gasteiger partial charge in [-0.1, -0.05) is 42.5 Å². The number of hydrogen-bond acceptors (Lipinski definition) is 5. The Kier molecular flexibility index (Phi) is 5.65. The number of thioether (sulfide) groups is 1. The fourth-order valence-corrected chi connectivity index (χ4v) is 4.18. The molecule has 0 radical (unpaired) electrons. The zero-order valence-corrected chi connectivity index (χ0v) is 14.7. The van der Waals surface area contributed by atoms with Crippen molar-refractivity contribution < 1.29 is 0 Å². The number of aromatic nitrogens is 1. The molecule has 0 fully saturated rings. The minimum absolute atomic E-state index is 0.0726. The first-order valence-corrected chi connectivity index (χ1v) is 9.63. The topological polar surface area (TPSA) is 62.7 Å². The number of benzene rings is 2. The van der Waals surface area contributed by atoms with Crippen LogP contribution >= 0.6 is 23.1 Å². The van der Waals surface area contributed by atoms with Gasteiger partial charge in [0.2, 0.25) is 0 Å². The molecule has 0 aliphatic rings. The number of thiazole rings is 1. The molecule has 2 N–H and O–H groups in total. The molecule has 1 atom stereocenters. The summed E-state index contributed by atoms with van der Waals surface area (Å²) in [6.07, 6.45) is 0. The van der Waals surface area contributed by atoms with Crippen molar-refractivity contribution >= 4 is 23.1 Å². The SMILES string of the molecule is N#Cc1cccc(-c2csc(C(N)CSCc3ccccc3)n2)c1. The second kappa shape index (κ2) is 8.11. The summed E-state index contributed by atoms with van der Waals surface area (Å²) in [4.78, 5) is 4.65. The Balaban J connectivity index is 1.61. The number of nitriles is 1. The maximum Gasteiger partial charge on any atom is 0.111 e. The molecule has 3 nitrogen and oxygen atoms in total. The van der Waals surface area contributed by atoms with Gasteiger partial charge in [0.25, 0.3) is 0 Å². The molecule has 24 heavy (non-hydrogen) atoms. The first-order valence-electron chi connectivity index (χ1n) is 7.59. The largest absolute Gasteiger partial charge is 0.321 e. The van der Waals surface area contributed by atoms with Crippen LogP contribution in [0, 0.1) is 11.3 Å². The molecule has 0 aliphatic carbocycles. The zero-order chi connectivity index (χ0) is 16.8. The van der Waals surface area contributed by atoms with Crippen molar-refractivity contribution in [2.75, 3.05) is 5.75 Å². The van der Waals surface area contributed by atoms with E-state index in [0.29, 0.717) is 5.56 Å². The molecular formula is C19H17N3S2. The third kappa shape index (κ3) is 4.24. The predicted octanol–water partition coefficient (Wildman–Crippen LogP) is 4.61. The maximum absolute atomic E-state index is 9.00. The number of rotatable bonds is 6.